The Labute approximate surface area is 135 Å². The van der Waals surface area contributed by atoms with Crippen LogP contribution in [0.3, 0.4) is 0 Å². The topological polar surface area (TPSA) is 26.0 Å². The normalized spacial score (nSPS) is 27.7. The number of nitrogens with two attached hydrogens (primary N) is 1. The van der Waals surface area contributed by atoms with E-state index in [-0.39, 0.29) is 5.54 Å². The lowest BCUT2D eigenvalue weighted by Gasteiger charge is -2.35. The van der Waals surface area contributed by atoms with Gasteiger partial charge in [-0.25, -0.2) is 0 Å². The third-order valence-electron chi connectivity index (χ3n) is 5.04. The Morgan fingerprint density at radius 2 is 2.14 bits per heavy atom. The highest BCUT2D eigenvalue weighted by Gasteiger charge is 2.48. The van der Waals surface area contributed by atoms with E-state index in [0.717, 1.165) is 18.6 Å². The molecule has 0 amide bonds. The highest BCUT2D eigenvalue weighted by Crippen LogP contribution is 2.54. The second kappa shape index (κ2) is 6.58. The molecule has 0 heterocycles. The van der Waals surface area contributed by atoms with Crippen molar-refractivity contribution in [3.63, 3.8) is 0 Å². The molecule has 21 heavy (non-hydrogen) atoms. The molecule has 1 nitrogen and oxygen atoms in total. The number of hydrogen-bond acceptors (Lipinski definition) is 2. The Bertz CT molecular complexity index is 522. The highest BCUT2D eigenvalue weighted by atomic mass is 32.1. The lowest BCUT2D eigenvalue weighted by atomic mass is 9.75. The van der Waals surface area contributed by atoms with Gasteiger partial charge in [-0.3, -0.25) is 0 Å². The molecule has 0 aliphatic heterocycles. The van der Waals surface area contributed by atoms with Crippen molar-refractivity contribution in [3.8, 4) is 0 Å². The molecule has 1 aliphatic carbocycles. The molecule has 2 N–H and O–H groups in total. The standard InChI is InChI=1S/C19H29NS/c1-5-7-16-15(12-13(2)3)18-14(4)8-6-9-17(18)19(16,20)10-11-21/h6,8-9,15-16,21H,2,5,7,10-12,20H2,1,3-4H3. The lowest BCUT2D eigenvalue weighted by Crippen LogP contribution is -2.42. The third kappa shape index (κ3) is 2.93. The van der Waals surface area contributed by atoms with Crippen LogP contribution >= 0.6 is 12.6 Å². The molecule has 0 aromatic heterocycles. The predicted molar refractivity (Wildman–Crippen MR) is 96.1 cm³/mol. The molecule has 0 radical (unpaired) electrons. The van der Waals surface area contributed by atoms with Crippen LogP contribution < -0.4 is 5.73 Å². The molecule has 0 saturated heterocycles. The van der Waals surface area contributed by atoms with Crippen LogP contribution in [0.15, 0.2) is 30.4 Å². The smallest absolute Gasteiger partial charge is 0.0454 e. The fourth-order valence-electron chi connectivity index (χ4n) is 4.23. The van der Waals surface area contributed by atoms with E-state index in [2.05, 4.69) is 58.2 Å². The van der Waals surface area contributed by atoms with Gasteiger partial charge in [0.05, 0.1) is 0 Å². The van der Waals surface area contributed by atoms with Gasteiger partial charge in [0.25, 0.3) is 0 Å². The average molecular weight is 304 g/mol. The van der Waals surface area contributed by atoms with Crippen LogP contribution in [0.5, 0.6) is 0 Å². The SMILES string of the molecule is C=C(C)CC1c2c(C)cccc2C(N)(CCS)C1CCC. The molecule has 3 unspecified atom stereocenters. The molecule has 1 aromatic carbocycles. The van der Waals surface area contributed by atoms with Crippen LogP contribution in [-0.2, 0) is 5.54 Å². The second-order valence-corrected chi connectivity index (χ2v) is 7.16. The van der Waals surface area contributed by atoms with Gasteiger partial charge >= 0.3 is 0 Å². The Morgan fingerprint density at radius 3 is 2.71 bits per heavy atom. The minimum Gasteiger partial charge on any atom is -0.321 e. The van der Waals surface area contributed by atoms with E-state index >= 15 is 0 Å². The van der Waals surface area contributed by atoms with Crippen molar-refractivity contribution in [2.75, 3.05) is 5.75 Å². The molecule has 116 valence electrons. The molecule has 0 spiro atoms. The number of benzene rings is 1. The van der Waals surface area contributed by atoms with E-state index in [1.54, 1.807) is 0 Å². The fraction of sp³-hybridized carbons (Fsp3) is 0.579. The number of aryl methyl sites for hydroxylation is 1. The summed E-state index contributed by atoms with van der Waals surface area (Å²) < 4.78 is 0. The summed E-state index contributed by atoms with van der Waals surface area (Å²) in [5, 5.41) is 0. The molecule has 2 rings (SSSR count). The number of fused-ring (bicyclic) bond motifs is 1. The van der Waals surface area contributed by atoms with Gasteiger partial charge in [-0.05, 0) is 67.4 Å². The maximum Gasteiger partial charge on any atom is 0.0454 e. The first-order chi connectivity index (χ1) is 9.95. The molecular formula is C19H29NS. The molecule has 0 saturated carbocycles. The molecule has 0 bridgehead atoms. The first kappa shape index (κ1) is 16.6. The van der Waals surface area contributed by atoms with Gasteiger partial charge in [0.2, 0.25) is 0 Å². The van der Waals surface area contributed by atoms with Gasteiger partial charge in [0.15, 0.2) is 0 Å². The summed E-state index contributed by atoms with van der Waals surface area (Å²) in [5.74, 6) is 1.86. The number of thiol groups is 1. The van der Waals surface area contributed by atoms with Crippen LogP contribution in [0.1, 0.15) is 62.1 Å². The second-order valence-electron chi connectivity index (χ2n) is 6.71. The number of rotatable bonds is 6. The summed E-state index contributed by atoms with van der Waals surface area (Å²) in [4.78, 5) is 0. The average Bonchev–Trinajstić information content (AvgIpc) is 2.63. The zero-order chi connectivity index (χ0) is 15.6. The zero-order valence-electron chi connectivity index (χ0n) is 13.7. The molecule has 3 atom stereocenters. The van der Waals surface area contributed by atoms with Gasteiger partial charge < -0.3 is 5.73 Å². The first-order valence-electron chi connectivity index (χ1n) is 8.09. The van der Waals surface area contributed by atoms with E-state index in [1.807, 2.05) is 0 Å². The summed E-state index contributed by atoms with van der Waals surface area (Å²) in [7, 11) is 0. The highest BCUT2D eigenvalue weighted by molar-refractivity contribution is 7.80. The van der Waals surface area contributed by atoms with Crippen molar-refractivity contribution >= 4 is 12.6 Å². The van der Waals surface area contributed by atoms with E-state index in [9.17, 15) is 0 Å². The molecule has 1 aliphatic rings. The van der Waals surface area contributed by atoms with Gasteiger partial charge in [0, 0.05) is 5.54 Å². The molecular weight excluding hydrogens is 274 g/mol. The van der Waals surface area contributed by atoms with Crippen molar-refractivity contribution in [1.82, 2.24) is 0 Å². The van der Waals surface area contributed by atoms with E-state index in [1.165, 1.54) is 35.1 Å². The van der Waals surface area contributed by atoms with Gasteiger partial charge in [0.1, 0.15) is 0 Å². The molecule has 2 heteroatoms. The van der Waals surface area contributed by atoms with Crippen molar-refractivity contribution in [2.45, 2.75) is 57.9 Å². The molecule has 1 aromatic rings. The Balaban J connectivity index is 2.57. The van der Waals surface area contributed by atoms with Crippen LogP contribution in [0.2, 0.25) is 0 Å². The Kier molecular flexibility index (Phi) is 5.21. The monoisotopic (exact) mass is 303 g/mol. The minimum absolute atomic E-state index is 0.223. The Hall–Kier alpha value is -0.730. The first-order valence-corrected chi connectivity index (χ1v) is 8.73. The summed E-state index contributed by atoms with van der Waals surface area (Å²) >= 11 is 4.48. The van der Waals surface area contributed by atoms with Crippen molar-refractivity contribution in [3.05, 3.63) is 47.0 Å². The quantitative estimate of drug-likeness (QED) is 0.564. The van der Waals surface area contributed by atoms with E-state index in [0.29, 0.717) is 11.8 Å². The van der Waals surface area contributed by atoms with Crippen molar-refractivity contribution in [1.29, 1.82) is 0 Å². The van der Waals surface area contributed by atoms with Gasteiger partial charge in [-0.15, -0.1) is 6.58 Å². The van der Waals surface area contributed by atoms with Crippen LogP contribution in [-0.4, -0.2) is 5.75 Å². The summed E-state index contributed by atoms with van der Waals surface area (Å²) in [6, 6.07) is 6.62. The largest absolute Gasteiger partial charge is 0.321 e. The van der Waals surface area contributed by atoms with Crippen molar-refractivity contribution in [2.24, 2.45) is 11.7 Å². The maximum atomic E-state index is 6.97. The number of hydrogen-bond donors (Lipinski definition) is 2. The van der Waals surface area contributed by atoms with E-state index < -0.39 is 0 Å². The number of allylic oxidation sites excluding steroid dienone is 1. The molecule has 0 fully saturated rings. The van der Waals surface area contributed by atoms with Gasteiger partial charge in [-0.2, -0.15) is 12.6 Å². The van der Waals surface area contributed by atoms with Crippen LogP contribution in [0.4, 0.5) is 0 Å². The third-order valence-corrected chi connectivity index (χ3v) is 5.26. The predicted octanol–water partition coefficient (Wildman–Crippen LogP) is 4.95. The Morgan fingerprint density at radius 1 is 1.43 bits per heavy atom. The lowest BCUT2D eigenvalue weighted by molar-refractivity contribution is 0.239. The summed E-state index contributed by atoms with van der Waals surface area (Å²) in [6.07, 6.45) is 4.35. The van der Waals surface area contributed by atoms with Crippen molar-refractivity contribution < 1.29 is 0 Å². The van der Waals surface area contributed by atoms with Crippen LogP contribution in [0.25, 0.3) is 0 Å². The fourth-order valence-corrected chi connectivity index (χ4v) is 4.60. The summed E-state index contributed by atoms with van der Waals surface area (Å²) in [5.41, 5.74) is 12.2. The summed E-state index contributed by atoms with van der Waals surface area (Å²) in [6.45, 7) is 10.8. The van der Waals surface area contributed by atoms with E-state index in [4.69, 9.17) is 5.73 Å². The zero-order valence-corrected chi connectivity index (χ0v) is 14.5. The van der Waals surface area contributed by atoms with Gasteiger partial charge in [-0.1, -0.05) is 37.1 Å². The van der Waals surface area contributed by atoms with Crippen LogP contribution in [0, 0.1) is 12.8 Å². The minimum atomic E-state index is -0.223. The maximum absolute atomic E-state index is 6.97.